The van der Waals surface area contributed by atoms with Crippen molar-refractivity contribution in [1.82, 2.24) is 0 Å². The molecule has 0 unspecified atom stereocenters. The van der Waals surface area contributed by atoms with Crippen LogP contribution in [-0.2, 0) is 16.3 Å². The van der Waals surface area contributed by atoms with Gasteiger partial charge in [0.1, 0.15) is 0 Å². The van der Waals surface area contributed by atoms with Gasteiger partial charge in [-0.15, -0.1) is 0 Å². The topological polar surface area (TPSA) is 34.1 Å². The van der Waals surface area contributed by atoms with Crippen molar-refractivity contribution < 1.29 is 8.42 Å². The molecule has 0 aliphatic rings. The van der Waals surface area contributed by atoms with Gasteiger partial charge in [0.05, 0.1) is 9.79 Å². The van der Waals surface area contributed by atoms with Gasteiger partial charge < -0.3 is 0 Å². The molecule has 0 heterocycles. The lowest BCUT2D eigenvalue weighted by molar-refractivity contribution is 0.596. The summed E-state index contributed by atoms with van der Waals surface area (Å²) in [5.74, 6) is 0.564. The number of sulfone groups is 1. The lowest BCUT2D eigenvalue weighted by Crippen LogP contribution is -2.02. The highest BCUT2D eigenvalue weighted by Crippen LogP contribution is 2.22. The van der Waals surface area contributed by atoms with Crippen LogP contribution in [0.25, 0.3) is 0 Å². The van der Waals surface area contributed by atoms with E-state index in [0.29, 0.717) is 15.7 Å². The Morgan fingerprint density at radius 2 is 1.30 bits per heavy atom. The molecule has 0 spiro atoms. The van der Waals surface area contributed by atoms with Crippen LogP contribution in [0.5, 0.6) is 0 Å². The molecule has 0 bridgehead atoms. The summed E-state index contributed by atoms with van der Waals surface area (Å²) in [7, 11) is -3.40. The Bertz CT molecular complexity index is 666. The third-order valence-electron chi connectivity index (χ3n) is 3.21. The molecule has 20 heavy (non-hydrogen) atoms. The molecule has 2 aromatic rings. The van der Waals surface area contributed by atoms with E-state index in [-0.39, 0.29) is 0 Å². The van der Waals surface area contributed by atoms with Gasteiger partial charge in [-0.2, -0.15) is 0 Å². The third-order valence-corrected chi connectivity index (χ3v) is 4.99. The van der Waals surface area contributed by atoms with Crippen molar-refractivity contribution in [2.24, 2.45) is 5.92 Å². The minimum absolute atomic E-state index is 0.347. The maximum atomic E-state index is 12.5. The first-order valence-electron chi connectivity index (χ1n) is 6.80. The highest BCUT2D eigenvalue weighted by Gasteiger charge is 2.17. The Morgan fingerprint density at radius 3 is 1.75 bits per heavy atom. The van der Waals surface area contributed by atoms with Gasteiger partial charge in [-0.1, -0.05) is 43.7 Å². The van der Waals surface area contributed by atoms with Crippen LogP contribution < -0.4 is 0 Å². The van der Waals surface area contributed by atoms with Crippen LogP contribution in [0.15, 0.2) is 58.3 Å². The maximum absolute atomic E-state index is 12.5. The van der Waals surface area contributed by atoms with Crippen LogP contribution in [0, 0.1) is 12.8 Å². The van der Waals surface area contributed by atoms with Gasteiger partial charge >= 0.3 is 0 Å². The Kier molecular flexibility index (Phi) is 4.29. The summed E-state index contributed by atoms with van der Waals surface area (Å²) >= 11 is 0. The Labute approximate surface area is 121 Å². The monoisotopic (exact) mass is 288 g/mol. The van der Waals surface area contributed by atoms with Crippen LogP contribution in [0.3, 0.4) is 0 Å². The minimum atomic E-state index is -3.40. The molecule has 2 rings (SSSR count). The van der Waals surface area contributed by atoms with Crippen LogP contribution in [0.4, 0.5) is 0 Å². The smallest absolute Gasteiger partial charge is 0.206 e. The van der Waals surface area contributed by atoms with E-state index in [2.05, 4.69) is 13.8 Å². The maximum Gasteiger partial charge on any atom is 0.206 e. The van der Waals surface area contributed by atoms with E-state index in [1.54, 1.807) is 24.3 Å². The molecule has 0 amide bonds. The van der Waals surface area contributed by atoms with Crippen LogP contribution in [0.2, 0.25) is 0 Å². The van der Waals surface area contributed by atoms with Gasteiger partial charge in [0.2, 0.25) is 9.84 Å². The summed E-state index contributed by atoms with van der Waals surface area (Å²) in [6.45, 7) is 6.24. The summed E-state index contributed by atoms with van der Waals surface area (Å²) in [4.78, 5) is 0.702. The van der Waals surface area contributed by atoms with Crippen molar-refractivity contribution in [1.29, 1.82) is 0 Å². The zero-order chi connectivity index (χ0) is 14.8. The van der Waals surface area contributed by atoms with E-state index in [9.17, 15) is 8.42 Å². The van der Waals surface area contributed by atoms with E-state index in [0.717, 1.165) is 12.0 Å². The van der Waals surface area contributed by atoms with Crippen LogP contribution in [0.1, 0.15) is 25.0 Å². The molecule has 2 aromatic carbocycles. The molecule has 0 radical (unpaired) electrons. The van der Waals surface area contributed by atoms with Gasteiger partial charge in [0.25, 0.3) is 0 Å². The van der Waals surface area contributed by atoms with E-state index in [1.807, 2.05) is 31.2 Å². The normalized spacial score (nSPS) is 11.8. The molecule has 0 aliphatic carbocycles. The van der Waals surface area contributed by atoms with E-state index in [4.69, 9.17) is 0 Å². The zero-order valence-corrected chi connectivity index (χ0v) is 12.9. The standard InChI is InChI=1S/C17H20O2S/c1-13(2)12-15-6-10-17(11-7-15)20(18,19)16-8-4-14(3)5-9-16/h4-11,13H,12H2,1-3H3. The molecule has 0 saturated carbocycles. The van der Waals surface area contributed by atoms with Crippen LogP contribution >= 0.6 is 0 Å². The second-order valence-corrected chi connectivity index (χ2v) is 7.51. The van der Waals surface area contributed by atoms with Crippen molar-refractivity contribution >= 4 is 9.84 Å². The molecule has 0 N–H and O–H groups in total. The fourth-order valence-electron chi connectivity index (χ4n) is 2.13. The van der Waals surface area contributed by atoms with E-state index < -0.39 is 9.84 Å². The van der Waals surface area contributed by atoms with Gasteiger partial charge in [0.15, 0.2) is 0 Å². The predicted octanol–water partition coefficient (Wildman–Crippen LogP) is 4.03. The quantitative estimate of drug-likeness (QED) is 0.851. The van der Waals surface area contributed by atoms with Crippen molar-refractivity contribution in [3.63, 3.8) is 0 Å². The fourth-order valence-corrected chi connectivity index (χ4v) is 3.39. The average molecular weight is 288 g/mol. The summed E-state index contributed by atoms with van der Waals surface area (Å²) in [6.07, 6.45) is 0.963. The summed E-state index contributed by atoms with van der Waals surface area (Å²) in [6, 6.07) is 14.2. The molecule has 106 valence electrons. The number of benzene rings is 2. The first-order chi connectivity index (χ1) is 9.39. The largest absolute Gasteiger partial charge is 0.219 e. The van der Waals surface area contributed by atoms with Crippen molar-refractivity contribution in [3.8, 4) is 0 Å². The van der Waals surface area contributed by atoms with Gasteiger partial charge in [-0.05, 0) is 49.1 Å². The Balaban J connectivity index is 2.32. The lowest BCUT2D eigenvalue weighted by Gasteiger charge is -2.08. The van der Waals surface area contributed by atoms with Crippen molar-refractivity contribution in [2.45, 2.75) is 37.0 Å². The SMILES string of the molecule is Cc1ccc(S(=O)(=O)c2ccc(CC(C)C)cc2)cc1. The van der Waals surface area contributed by atoms with Gasteiger partial charge in [-0.25, -0.2) is 8.42 Å². The Morgan fingerprint density at radius 1 is 0.850 bits per heavy atom. The van der Waals surface area contributed by atoms with Crippen molar-refractivity contribution in [2.75, 3.05) is 0 Å². The van der Waals surface area contributed by atoms with Crippen LogP contribution in [-0.4, -0.2) is 8.42 Å². The molecule has 0 atom stereocenters. The van der Waals surface area contributed by atoms with E-state index >= 15 is 0 Å². The number of aryl methyl sites for hydroxylation is 1. The van der Waals surface area contributed by atoms with Crippen molar-refractivity contribution in [3.05, 3.63) is 59.7 Å². The molecule has 0 fully saturated rings. The second kappa shape index (κ2) is 5.80. The molecular formula is C17H20O2S. The Hall–Kier alpha value is -1.61. The van der Waals surface area contributed by atoms with E-state index in [1.165, 1.54) is 5.56 Å². The second-order valence-electron chi connectivity index (χ2n) is 5.56. The molecule has 0 aromatic heterocycles. The van der Waals surface area contributed by atoms with Gasteiger partial charge in [-0.3, -0.25) is 0 Å². The average Bonchev–Trinajstić information content (AvgIpc) is 2.39. The third kappa shape index (κ3) is 3.28. The summed E-state index contributed by atoms with van der Waals surface area (Å²) in [5, 5.41) is 0. The summed E-state index contributed by atoms with van der Waals surface area (Å²) in [5.41, 5.74) is 2.22. The number of hydrogen-bond acceptors (Lipinski definition) is 2. The predicted molar refractivity (Wildman–Crippen MR) is 81.6 cm³/mol. The number of hydrogen-bond donors (Lipinski definition) is 0. The first kappa shape index (κ1) is 14.8. The molecule has 2 nitrogen and oxygen atoms in total. The first-order valence-corrected chi connectivity index (χ1v) is 8.28. The summed E-state index contributed by atoms with van der Waals surface area (Å²) < 4.78 is 25.0. The zero-order valence-electron chi connectivity index (χ0n) is 12.1. The molecule has 0 aliphatic heterocycles. The minimum Gasteiger partial charge on any atom is -0.219 e. The van der Waals surface area contributed by atoms with Gasteiger partial charge in [0, 0.05) is 0 Å². The highest BCUT2D eigenvalue weighted by molar-refractivity contribution is 7.91. The highest BCUT2D eigenvalue weighted by atomic mass is 32.2. The lowest BCUT2D eigenvalue weighted by atomic mass is 10.0. The molecule has 3 heteroatoms. The molecule has 0 saturated heterocycles. The molecular weight excluding hydrogens is 268 g/mol. The number of rotatable bonds is 4. The fraction of sp³-hybridized carbons (Fsp3) is 0.294.